The van der Waals surface area contributed by atoms with Crippen LogP contribution < -0.4 is 5.32 Å². The molecule has 3 rings (SSSR count). The van der Waals surface area contributed by atoms with Crippen molar-refractivity contribution in [3.63, 3.8) is 0 Å². The average Bonchev–Trinajstić information content (AvgIpc) is 3.01. The molecule has 1 aromatic heterocycles. The molecule has 164 valence electrons. The highest BCUT2D eigenvalue weighted by Gasteiger charge is 2.37. The van der Waals surface area contributed by atoms with Crippen LogP contribution in [0.15, 0.2) is 40.9 Å². The Hall–Kier alpha value is -3.08. The summed E-state index contributed by atoms with van der Waals surface area (Å²) < 4.78 is 97.3. The standard InChI is InChI=1S/C19H10ClF7N2O2/c1-8-14(16(29-31-8)15-12(20)3-2-4-13(15)21)17(30)28-11-6-9(18(22,23)24)5-10(7-11)19(25,26)27/h2-7H,1H3,(H,28,30). The van der Waals surface area contributed by atoms with Crippen LogP contribution in [-0.2, 0) is 12.4 Å². The van der Waals surface area contributed by atoms with Crippen LogP contribution >= 0.6 is 11.6 Å². The molecule has 0 aliphatic heterocycles. The van der Waals surface area contributed by atoms with Crippen molar-refractivity contribution in [2.45, 2.75) is 19.3 Å². The number of carbonyl (C=O) groups is 1. The van der Waals surface area contributed by atoms with Crippen molar-refractivity contribution in [3.8, 4) is 11.3 Å². The van der Waals surface area contributed by atoms with E-state index in [9.17, 15) is 35.5 Å². The molecule has 0 radical (unpaired) electrons. The van der Waals surface area contributed by atoms with Gasteiger partial charge in [-0.2, -0.15) is 26.3 Å². The smallest absolute Gasteiger partial charge is 0.360 e. The highest BCUT2D eigenvalue weighted by molar-refractivity contribution is 6.33. The number of halogens is 8. The van der Waals surface area contributed by atoms with E-state index < -0.39 is 46.5 Å². The second kappa shape index (κ2) is 7.88. The highest BCUT2D eigenvalue weighted by Crippen LogP contribution is 2.38. The molecule has 0 aliphatic carbocycles. The van der Waals surface area contributed by atoms with Gasteiger partial charge in [0.2, 0.25) is 0 Å². The number of aryl methyl sites for hydroxylation is 1. The van der Waals surface area contributed by atoms with Crippen molar-refractivity contribution in [2.75, 3.05) is 5.32 Å². The van der Waals surface area contributed by atoms with E-state index in [2.05, 4.69) is 5.16 Å². The Morgan fingerprint density at radius 2 is 1.61 bits per heavy atom. The van der Waals surface area contributed by atoms with Gasteiger partial charge in [0.1, 0.15) is 22.8 Å². The Labute approximate surface area is 174 Å². The molecule has 31 heavy (non-hydrogen) atoms. The summed E-state index contributed by atoms with van der Waals surface area (Å²) in [6.07, 6.45) is -10.2. The largest absolute Gasteiger partial charge is 0.416 e. The third-order valence-electron chi connectivity index (χ3n) is 4.13. The lowest BCUT2D eigenvalue weighted by atomic mass is 10.0. The molecule has 0 unspecified atom stereocenters. The Morgan fingerprint density at radius 3 is 2.13 bits per heavy atom. The summed E-state index contributed by atoms with van der Waals surface area (Å²) in [5.74, 6) is -2.19. The maximum Gasteiger partial charge on any atom is 0.416 e. The lowest BCUT2D eigenvalue weighted by Crippen LogP contribution is -2.17. The molecule has 0 atom stereocenters. The Bertz CT molecular complexity index is 1100. The molecule has 0 spiro atoms. The van der Waals surface area contributed by atoms with E-state index in [0.29, 0.717) is 12.1 Å². The number of carbonyl (C=O) groups excluding carboxylic acids is 1. The van der Waals surface area contributed by atoms with Crippen molar-refractivity contribution < 1.29 is 40.1 Å². The van der Waals surface area contributed by atoms with Gasteiger partial charge in [0.05, 0.1) is 21.7 Å². The number of hydrogen-bond acceptors (Lipinski definition) is 3. The van der Waals surface area contributed by atoms with E-state index in [1.165, 1.54) is 19.1 Å². The monoisotopic (exact) mass is 466 g/mol. The Morgan fingerprint density at radius 1 is 1.03 bits per heavy atom. The first-order chi connectivity index (χ1) is 14.3. The molecule has 0 saturated carbocycles. The summed E-state index contributed by atoms with van der Waals surface area (Å²) in [5, 5.41) is 5.38. The SMILES string of the molecule is Cc1onc(-c2c(F)cccc2Cl)c1C(=O)Nc1cc(C(F)(F)F)cc(C(F)(F)F)c1. The molecule has 1 N–H and O–H groups in total. The number of hydrogen-bond donors (Lipinski definition) is 1. The van der Waals surface area contributed by atoms with Crippen LogP contribution in [0.4, 0.5) is 36.4 Å². The molecular weight excluding hydrogens is 457 g/mol. The normalized spacial score (nSPS) is 12.2. The minimum Gasteiger partial charge on any atom is -0.360 e. The number of amides is 1. The molecular formula is C19H10ClF7N2O2. The predicted octanol–water partition coefficient (Wildman–Crippen LogP) is 6.73. The van der Waals surface area contributed by atoms with Gasteiger partial charge in [-0.25, -0.2) is 4.39 Å². The molecule has 0 aliphatic rings. The number of nitrogens with zero attached hydrogens (tertiary/aromatic N) is 1. The van der Waals surface area contributed by atoms with Crippen molar-refractivity contribution in [1.29, 1.82) is 0 Å². The number of rotatable bonds is 3. The zero-order valence-corrected chi connectivity index (χ0v) is 16.0. The van der Waals surface area contributed by atoms with Crippen LogP contribution in [0.3, 0.4) is 0 Å². The number of anilines is 1. The second-order valence-electron chi connectivity index (χ2n) is 6.31. The quantitative estimate of drug-likeness (QED) is 0.435. The maximum absolute atomic E-state index is 14.2. The van der Waals surface area contributed by atoms with Gasteiger partial charge in [-0.3, -0.25) is 4.79 Å². The zero-order chi connectivity index (χ0) is 23.1. The number of alkyl halides is 6. The van der Waals surface area contributed by atoms with Crippen LogP contribution in [0.25, 0.3) is 11.3 Å². The van der Waals surface area contributed by atoms with Crippen molar-refractivity contribution >= 4 is 23.2 Å². The van der Waals surface area contributed by atoms with E-state index in [1.54, 1.807) is 0 Å². The third-order valence-corrected chi connectivity index (χ3v) is 4.45. The number of benzene rings is 2. The molecule has 0 saturated heterocycles. The number of aromatic nitrogens is 1. The fraction of sp³-hybridized carbons (Fsp3) is 0.158. The van der Waals surface area contributed by atoms with Gasteiger partial charge in [0.25, 0.3) is 5.91 Å². The molecule has 2 aromatic carbocycles. The van der Waals surface area contributed by atoms with E-state index in [-0.39, 0.29) is 28.1 Å². The van der Waals surface area contributed by atoms with Crippen LogP contribution in [0, 0.1) is 12.7 Å². The summed E-state index contributed by atoms with van der Waals surface area (Å²) >= 11 is 5.95. The van der Waals surface area contributed by atoms with Gasteiger partial charge in [0.15, 0.2) is 0 Å². The van der Waals surface area contributed by atoms with Gasteiger partial charge < -0.3 is 9.84 Å². The molecule has 4 nitrogen and oxygen atoms in total. The summed E-state index contributed by atoms with van der Waals surface area (Å²) in [4.78, 5) is 12.7. The van der Waals surface area contributed by atoms with Gasteiger partial charge in [0, 0.05) is 5.69 Å². The van der Waals surface area contributed by atoms with Crippen molar-refractivity contribution in [3.05, 3.63) is 69.7 Å². The average molecular weight is 467 g/mol. The zero-order valence-electron chi connectivity index (χ0n) is 15.3. The fourth-order valence-corrected chi connectivity index (χ4v) is 3.01. The maximum atomic E-state index is 14.2. The summed E-state index contributed by atoms with van der Waals surface area (Å²) in [6, 6.07) is 4.21. The second-order valence-corrected chi connectivity index (χ2v) is 6.71. The van der Waals surface area contributed by atoms with Crippen LogP contribution in [0.1, 0.15) is 27.2 Å². The highest BCUT2D eigenvalue weighted by atomic mass is 35.5. The summed E-state index contributed by atoms with van der Waals surface area (Å²) in [7, 11) is 0. The molecule has 12 heteroatoms. The lowest BCUT2D eigenvalue weighted by Gasteiger charge is -2.15. The van der Waals surface area contributed by atoms with Crippen LogP contribution in [0.5, 0.6) is 0 Å². The molecule has 0 bridgehead atoms. The van der Waals surface area contributed by atoms with Gasteiger partial charge in [-0.15, -0.1) is 0 Å². The predicted molar refractivity (Wildman–Crippen MR) is 96.0 cm³/mol. The minimum absolute atomic E-state index is 0.0785. The Kier molecular flexibility index (Phi) is 5.74. The number of nitrogens with one attached hydrogen (secondary N) is 1. The minimum atomic E-state index is -5.10. The van der Waals surface area contributed by atoms with E-state index in [0.717, 1.165) is 6.07 Å². The lowest BCUT2D eigenvalue weighted by molar-refractivity contribution is -0.143. The van der Waals surface area contributed by atoms with E-state index >= 15 is 0 Å². The van der Waals surface area contributed by atoms with Gasteiger partial charge >= 0.3 is 12.4 Å². The molecule has 1 heterocycles. The molecule has 3 aromatic rings. The van der Waals surface area contributed by atoms with Crippen molar-refractivity contribution in [1.82, 2.24) is 5.16 Å². The summed E-state index contributed by atoms with van der Waals surface area (Å²) in [5.41, 5.74) is -5.09. The first kappa shape index (κ1) is 22.6. The van der Waals surface area contributed by atoms with E-state index in [4.69, 9.17) is 16.1 Å². The first-order valence-corrected chi connectivity index (χ1v) is 8.68. The molecule has 0 fully saturated rings. The first-order valence-electron chi connectivity index (χ1n) is 8.30. The third kappa shape index (κ3) is 4.66. The van der Waals surface area contributed by atoms with E-state index in [1.807, 2.05) is 5.32 Å². The fourth-order valence-electron chi connectivity index (χ4n) is 2.75. The summed E-state index contributed by atoms with van der Waals surface area (Å²) in [6.45, 7) is 1.26. The molecule has 1 amide bonds. The van der Waals surface area contributed by atoms with Crippen LogP contribution in [-0.4, -0.2) is 11.1 Å². The van der Waals surface area contributed by atoms with Crippen molar-refractivity contribution in [2.24, 2.45) is 0 Å². The van der Waals surface area contributed by atoms with Crippen LogP contribution in [0.2, 0.25) is 5.02 Å². The van der Waals surface area contributed by atoms with Gasteiger partial charge in [-0.1, -0.05) is 22.8 Å². The van der Waals surface area contributed by atoms with Gasteiger partial charge in [-0.05, 0) is 37.3 Å². The Balaban J connectivity index is 2.07. The topological polar surface area (TPSA) is 55.1 Å².